The van der Waals surface area contributed by atoms with Crippen molar-refractivity contribution in [3.8, 4) is 0 Å². The highest BCUT2D eigenvalue weighted by atomic mass is 16.6. The molecule has 0 radical (unpaired) electrons. The van der Waals surface area contributed by atoms with Gasteiger partial charge in [0, 0.05) is 1.43 Å². The van der Waals surface area contributed by atoms with Gasteiger partial charge in [0.15, 0.2) is 6.10 Å². The van der Waals surface area contributed by atoms with Crippen LogP contribution in [0.4, 0.5) is 0 Å². The highest BCUT2D eigenvalue weighted by Gasteiger charge is 2.80. The number of rotatable bonds is 4. The molecule has 1 saturated heterocycles. The van der Waals surface area contributed by atoms with Gasteiger partial charge in [-0.15, -0.1) is 0 Å². The molecule has 6 saturated carbocycles. The van der Waals surface area contributed by atoms with Gasteiger partial charge in [0.2, 0.25) is 0 Å². The second-order valence-electron chi connectivity index (χ2n) is 16.5. The number of ether oxygens (including phenoxy) is 2. The fourth-order valence-corrected chi connectivity index (χ4v) is 12.0. The fourth-order valence-electron chi connectivity index (χ4n) is 12.0. The van der Waals surface area contributed by atoms with Crippen LogP contribution in [-0.4, -0.2) is 46.2 Å². The molecule has 1 heterocycles. The van der Waals surface area contributed by atoms with E-state index < -0.39 is 11.7 Å². The number of carbonyl (C=O) groups excluding carboxylic acids is 1. The molecule has 11 atom stereocenters. The largest absolute Gasteiger partial charge is 0.456 e. The van der Waals surface area contributed by atoms with Gasteiger partial charge in [-0.3, -0.25) is 4.79 Å². The summed E-state index contributed by atoms with van der Waals surface area (Å²) in [6, 6.07) is 0. The van der Waals surface area contributed by atoms with Crippen LogP contribution in [0.1, 0.15) is 120 Å². The average Bonchev–Trinajstić information content (AvgIpc) is 3.38. The van der Waals surface area contributed by atoms with Crippen LogP contribution >= 0.6 is 0 Å². The SMILES string of the molecule is CC12CC[C@@]34C[C@@]35CC[C@H](O)C(C)(C)C5CCC4C1CC1OC([C@H](OC(=O)C3CCC3)C(C)(C)O)CCC12.[HH]. The minimum Gasteiger partial charge on any atom is -0.456 e. The molecule has 0 amide bonds. The van der Waals surface area contributed by atoms with E-state index in [1.165, 1.54) is 38.5 Å². The third-order valence-corrected chi connectivity index (χ3v) is 14.3. The maximum Gasteiger partial charge on any atom is 0.309 e. The van der Waals surface area contributed by atoms with Gasteiger partial charge >= 0.3 is 5.97 Å². The standard InChI is InChI=1S/C33H52O5.H2/c1-29(2)25-12-10-20-22-17-24-21(31(22,5)15-16-32(20)18-33(25,32)14-13-26(29)34)9-11-23(37-24)27(30(3,4)36)38-28(35)19-7-6-8-19;/h19-27,34,36H,6-18H2,1-5H3;1H/t20?,21?,22?,23?,24?,25?,26-,27-,31?,32-,33+;/m0./s1. The molecule has 0 bridgehead atoms. The van der Waals surface area contributed by atoms with Gasteiger partial charge in [0.1, 0.15) is 0 Å². The zero-order chi connectivity index (χ0) is 26.9. The molecule has 216 valence electrons. The van der Waals surface area contributed by atoms with E-state index in [0.717, 1.165) is 50.9 Å². The third-order valence-electron chi connectivity index (χ3n) is 14.3. The number of fused-ring (bicyclic) bond motifs is 4. The van der Waals surface area contributed by atoms with Crippen molar-refractivity contribution in [1.29, 1.82) is 0 Å². The number of aliphatic hydroxyl groups is 2. The Morgan fingerprint density at radius 3 is 2.37 bits per heavy atom. The number of esters is 1. The van der Waals surface area contributed by atoms with Crippen molar-refractivity contribution < 1.29 is 25.9 Å². The molecule has 5 heteroatoms. The van der Waals surface area contributed by atoms with Crippen LogP contribution < -0.4 is 0 Å². The third kappa shape index (κ3) is 3.36. The number of hydrogen-bond donors (Lipinski definition) is 2. The van der Waals surface area contributed by atoms with Gasteiger partial charge in [-0.1, -0.05) is 27.2 Å². The van der Waals surface area contributed by atoms with Crippen molar-refractivity contribution in [1.82, 2.24) is 0 Å². The van der Waals surface area contributed by atoms with Crippen LogP contribution in [0.15, 0.2) is 0 Å². The maximum atomic E-state index is 12.8. The summed E-state index contributed by atoms with van der Waals surface area (Å²) < 4.78 is 12.9. The summed E-state index contributed by atoms with van der Waals surface area (Å²) in [6.45, 7) is 10.8. The minimum absolute atomic E-state index is 0. The normalized spacial score (nSPS) is 51.8. The maximum absolute atomic E-state index is 12.8. The van der Waals surface area contributed by atoms with Gasteiger partial charge in [-0.25, -0.2) is 0 Å². The first-order chi connectivity index (χ1) is 17.8. The Kier molecular flexibility index (Phi) is 5.68. The first-order valence-corrected chi connectivity index (χ1v) is 16.1. The molecular formula is C33H54O5. The second kappa shape index (κ2) is 8.22. The molecular weight excluding hydrogens is 476 g/mol. The van der Waals surface area contributed by atoms with Crippen LogP contribution in [0.3, 0.4) is 0 Å². The number of aliphatic hydroxyl groups excluding tert-OH is 1. The van der Waals surface area contributed by atoms with E-state index in [1.54, 1.807) is 13.8 Å². The van der Waals surface area contributed by atoms with Crippen LogP contribution in [-0.2, 0) is 14.3 Å². The van der Waals surface area contributed by atoms with Crippen LogP contribution in [0.5, 0.6) is 0 Å². The first-order valence-electron chi connectivity index (χ1n) is 16.1. The van der Waals surface area contributed by atoms with Crippen molar-refractivity contribution in [3.05, 3.63) is 0 Å². The van der Waals surface area contributed by atoms with Crippen molar-refractivity contribution in [2.24, 2.45) is 51.2 Å². The van der Waals surface area contributed by atoms with Crippen molar-refractivity contribution in [3.63, 3.8) is 0 Å². The van der Waals surface area contributed by atoms with Gasteiger partial charge in [-0.2, -0.15) is 0 Å². The van der Waals surface area contributed by atoms with Gasteiger partial charge in [-0.05, 0) is 136 Å². The van der Waals surface area contributed by atoms with Crippen LogP contribution in [0.25, 0.3) is 0 Å². The van der Waals surface area contributed by atoms with E-state index in [2.05, 4.69) is 20.8 Å². The highest BCUT2D eigenvalue weighted by Crippen LogP contribution is 2.87. The van der Waals surface area contributed by atoms with Crippen LogP contribution in [0, 0.1) is 51.2 Å². The molecule has 0 aromatic rings. The fraction of sp³-hybridized carbons (Fsp3) is 0.970. The van der Waals surface area contributed by atoms with Crippen molar-refractivity contribution in [2.75, 3.05) is 0 Å². The predicted octanol–water partition coefficient (Wildman–Crippen LogP) is 6.28. The summed E-state index contributed by atoms with van der Waals surface area (Å²) in [5.41, 5.74) is 0.222. The Morgan fingerprint density at radius 2 is 1.68 bits per heavy atom. The minimum atomic E-state index is -1.12. The Labute approximate surface area is 231 Å². The van der Waals surface area contributed by atoms with E-state index in [4.69, 9.17) is 9.47 Å². The predicted molar refractivity (Wildman–Crippen MR) is 147 cm³/mol. The van der Waals surface area contributed by atoms with E-state index in [9.17, 15) is 15.0 Å². The van der Waals surface area contributed by atoms with E-state index in [0.29, 0.717) is 34.0 Å². The molecule has 5 nitrogen and oxygen atoms in total. The molecule has 7 rings (SSSR count). The van der Waals surface area contributed by atoms with Crippen LogP contribution in [0.2, 0.25) is 0 Å². The van der Waals surface area contributed by atoms with E-state index >= 15 is 0 Å². The molecule has 7 aliphatic rings. The quantitative estimate of drug-likeness (QED) is 0.418. The molecule has 6 aliphatic carbocycles. The lowest BCUT2D eigenvalue weighted by molar-refractivity contribution is -0.206. The van der Waals surface area contributed by atoms with Gasteiger partial charge < -0.3 is 19.7 Å². The monoisotopic (exact) mass is 530 g/mol. The smallest absolute Gasteiger partial charge is 0.309 e. The Bertz CT molecular complexity index is 987. The Balaban J connectivity index is 0.00000277. The number of carbonyl (C=O) groups is 1. The lowest BCUT2D eigenvalue weighted by atomic mass is 9.46. The summed E-state index contributed by atoms with van der Waals surface area (Å²) in [4.78, 5) is 12.8. The summed E-state index contributed by atoms with van der Waals surface area (Å²) >= 11 is 0. The lowest BCUT2D eigenvalue weighted by Gasteiger charge is -2.59. The first kappa shape index (κ1) is 26.3. The second-order valence-corrected chi connectivity index (χ2v) is 16.5. The Hall–Kier alpha value is -0.650. The summed E-state index contributed by atoms with van der Waals surface area (Å²) in [5, 5.41) is 21.9. The zero-order valence-electron chi connectivity index (χ0n) is 24.5. The lowest BCUT2D eigenvalue weighted by Crippen LogP contribution is -2.54. The van der Waals surface area contributed by atoms with Crippen molar-refractivity contribution in [2.45, 2.75) is 148 Å². The topological polar surface area (TPSA) is 76.0 Å². The van der Waals surface area contributed by atoms with E-state index in [-0.39, 0.29) is 37.0 Å². The van der Waals surface area contributed by atoms with Gasteiger partial charge in [0.05, 0.1) is 29.8 Å². The summed E-state index contributed by atoms with van der Waals surface area (Å²) in [7, 11) is 0. The molecule has 7 unspecified atom stereocenters. The molecule has 2 spiro atoms. The molecule has 1 aliphatic heterocycles. The molecule has 7 fully saturated rings. The number of hydrogen-bond acceptors (Lipinski definition) is 5. The highest BCUT2D eigenvalue weighted by molar-refractivity contribution is 5.73. The molecule has 0 aromatic heterocycles. The molecule has 0 aromatic carbocycles. The van der Waals surface area contributed by atoms with Crippen molar-refractivity contribution >= 4 is 5.97 Å². The average molecular weight is 531 g/mol. The Morgan fingerprint density at radius 1 is 0.947 bits per heavy atom. The van der Waals surface area contributed by atoms with Gasteiger partial charge in [0.25, 0.3) is 0 Å². The zero-order valence-corrected chi connectivity index (χ0v) is 24.5. The molecule has 2 N–H and O–H groups in total. The molecule has 38 heavy (non-hydrogen) atoms. The summed E-state index contributed by atoms with van der Waals surface area (Å²) in [5.74, 6) is 2.60. The summed E-state index contributed by atoms with van der Waals surface area (Å²) in [6.07, 6.45) is 14.1. The van der Waals surface area contributed by atoms with E-state index in [1.807, 2.05) is 0 Å².